The second kappa shape index (κ2) is 8.78. The van der Waals surface area contributed by atoms with Gasteiger partial charge in [0.1, 0.15) is 22.4 Å². The van der Waals surface area contributed by atoms with Crippen LogP contribution in [0.2, 0.25) is 0 Å². The lowest BCUT2D eigenvalue weighted by molar-refractivity contribution is 0.306. The van der Waals surface area contributed by atoms with Crippen LogP contribution in [-0.2, 0) is 12.0 Å². The van der Waals surface area contributed by atoms with Crippen molar-refractivity contribution in [3.8, 4) is 11.5 Å². The van der Waals surface area contributed by atoms with E-state index in [9.17, 15) is 0 Å². The van der Waals surface area contributed by atoms with Crippen molar-refractivity contribution in [2.75, 3.05) is 7.11 Å². The van der Waals surface area contributed by atoms with E-state index >= 15 is 0 Å². The summed E-state index contributed by atoms with van der Waals surface area (Å²) in [7, 11) is 1.66. The molecule has 0 unspecified atom stereocenters. The normalized spacial score (nSPS) is 20.8. The summed E-state index contributed by atoms with van der Waals surface area (Å²) in [5.74, 6) is 1.52. The molecule has 0 N–H and O–H groups in total. The second-order valence-electron chi connectivity index (χ2n) is 8.30. The lowest BCUT2D eigenvalue weighted by Crippen LogP contribution is -2.17. The summed E-state index contributed by atoms with van der Waals surface area (Å²) in [6, 6.07) is 36.5. The molecule has 1 aliphatic carbocycles. The van der Waals surface area contributed by atoms with Crippen LogP contribution < -0.4 is 9.47 Å². The van der Waals surface area contributed by atoms with Crippen LogP contribution in [0, 0.1) is 0 Å². The fourth-order valence-corrected chi connectivity index (χ4v) is 5.93. The number of halogens is 2. The predicted molar refractivity (Wildman–Crippen MR) is 135 cm³/mol. The standard InChI is InChI=1S/C29H24Cl2O2/c1-32-25-16-12-23(13-17-25)28(27(29(28,30)31)22-10-6-3-7-11-22)24-14-18-26(19-15-24)33-20-21-8-4-2-5-9-21/h2-19,27H,20H2,1H3/t27-,28+/m1/s1. The molecule has 0 spiro atoms. The van der Waals surface area contributed by atoms with Crippen molar-refractivity contribution < 1.29 is 9.47 Å². The molecule has 0 heterocycles. The zero-order valence-electron chi connectivity index (χ0n) is 18.2. The molecule has 1 saturated carbocycles. The molecule has 0 bridgehead atoms. The van der Waals surface area contributed by atoms with Crippen LogP contribution in [0.3, 0.4) is 0 Å². The first-order chi connectivity index (χ1) is 16.1. The number of hydrogen-bond donors (Lipinski definition) is 0. The van der Waals surface area contributed by atoms with Gasteiger partial charge >= 0.3 is 0 Å². The number of methoxy groups -OCH3 is 1. The third-order valence-electron chi connectivity index (χ3n) is 6.47. The molecular weight excluding hydrogens is 451 g/mol. The summed E-state index contributed by atoms with van der Waals surface area (Å²) in [6.07, 6.45) is 0. The Morgan fingerprint density at radius 3 is 1.73 bits per heavy atom. The molecule has 0 aromatic heterocycles. The van der Waals surface area contributed by atoms with Crippen LogP contribution in [0.4, 0.5) is 0 Å². The fraction of sp³-hybridized carbons (Fsp3) is 0.172. The van der Waals surface area contributed by atoms with Crippen LogP contribution in [0.5, 0.6) is 11.5 Å². The first kappa shape index (κ1) is 21.9. The smallest absolute Gasteiger partial charge is 0.140 e. The molecule has 4 aromatic carbocycles. The molecule has 5 rings (SSSR count). The minimum atomic E-state index is -0.991. The minimum absolute atomic E-state index is 0.0842. The zero-order valence-corrected chi connectivity index (χ0v) is 19.8. The summed E-state index contributed by atoms with van der Waals surface area (Å²) in [5, 5.41) is 0. The molecule has 0 radical (unpaired) electrons. The van der Waals surface area contributed by atoms with Gasteiger partial charge < -0.3 is 9.47 Å². The van der Waals surface area contributed by atoms with E-state index < -0.39 is 9.75 Å². The maximum absolute atomic E-state index is 7.09. The summed E-state index contributed by atoms with van der Waals surface area (Å²) in [6.45, 7) is 0.519. The Morgan fingerprint density at radius 2 is 1.18 bits per heavy atom. The fourth-order valence-electron chi connectivity index (χ4n) is 4.80. The topological polar surface area (TPSA) is 18.5 Å². The van der Waals surface area contributed by atoms with E-state index in [4.69, 9.17) is 32.7 Å². The average Bonchev–Trinajstić information content (AvgIpc) is 3.40. The highest BCUT2D eigenvalue weighted by Gasteiger charge is 2.77. The largest absolute Gasteiger partial charge is 0.497 e. The van der Waals surface area contributed by atoms with E-state index in [-0.39, 0.29) is 5.92 Å². The van der Waals surface area contributed by atoms with Gasteiger partial charge in [-0.25, -0.2) is 0 Å². The molecule has 0 amide bonds. The molecule has 0 saturated heterocycles. The predicted octanol–water partition coefficient (Wildman–Crippen LogP) is 7.53. The van der Waals surface area contributed by atoms with E-state index in [0.717, 1.165) is 33.8 Å². The molecule has 0 aliphatic heterocycles. The highest BCUT2D eigenvalue weighted by atomic mass is 35.5. The highest BCUT2D eigenvalue weighted by molar-refractivity contribution is 6.53. The van der Waals surface area contributed by atoms with E-state index in [1.165, 1.54) is 0 Å². The quantitative estimate of drug-likeness (QED) is 0.257. The number of rotatable bonds is 7. The van der Waals surface area contributed by atoms with Gasteiger partial charge in [-0.1, -0.05) is 108 Å². The van der Waals surface area contributed by atoms with Crippen LogP contribution in [0.15, 0.2) is 109 Å². The summed E-state index contributed by atoms with van der Waals surface area (Å²) in [4.78, 5) is 0. The number of benzene rings is 4. The van der Waals surface area contributed by atoms with Crippen molar-refractivity contribution in [1.29, 1.82) is 0 Å². The van der Waals surface area contributed by atoms with Gasteiger partial charge in [-0.05, 0) is 46.5 Å². The van der Waals surface area contributed by atoms with Gasteiger partial charge in [0.25, 0.3) is 0 Å². The Hall–Kier alpha value is -2.94. The summed E-state index contributed by atoms with van der Waals surface area (Å²) >= 11 is 14.2. The van der Waals surface area contributed by atoms with Crippen molar-refractivity contribution in [3.63, 3.8) is 0 Å². The average molecular weight is 475 g/mol. The van der Waals surface area contributed by atoms with Gasteiger partial charge in [0.15, 0.2) is 0 Å². The van der Waals surface area contributed by atoms with Crippen molar-refractivity contribution >= 4 is 23.2 Å². The minimum Gasteiger partial charge on any atom is -0.497 e. The number of hydrogen-bond acceptors (Lipinski definition) is 2. The van der Waals surface area contributed by atoms with Gasteiger partial charge in [-0.15, -0.1) is 0 Å². The molecular formula is C29H24Cl2O2. The molecule has 1 fully saturated rings. The number of alkyl halides is 2. The van der Waals surface area contributed by atoms with Gasteiger partial charge in [-0.2, -0.15) is 0 Å². The Balaban J connectivity index is 1.51. The third kappa shape index (κ3) is 3.78. The van der Waals surface area contributed by atoms with Crippen LogP contribution >= 0.6 is 23.2 Å². The first-order valence-corrected chi connectivity index (χ1v) is 11.7. The molecule has 1 aliphatic rings. The van der Waals surface area contributed by atoms with Gasteiger partial charge in [0.2, 0.25) is 0 Å². The van der Waals surface area contributed by atoms with Gasteiger partial charge in [0.05, 0.1) is 12.5 Å². The third-order valence-corrected chi connectivity index (χ3v) is 7.51. The summed E-state index contributed by atoms with van der Waals surface area (Å²) < 4.78 is 10.4. The van der Waals surface area contributed by atoms with E-state index in [0.29, 0.717) is 6.61 Å². The Kier molecular flexibility index (Phi) is 5.82. The van der Waals surface area contributed by atoms with Crippen LogP contribution in [0.25, 0.3) is 0 Å². The maximum Gasteiger partial charge on any atom is 0.140 e. The maximum atomic E-state index is 7.09. The van der Waals surface area contributed by atoms with Crippen LogP contribution in [-0.4, -0.2) is 11.4 Å². The van der Waals surface area contributed by atoms with E-state index in [2.05, 4.69) is 48.5 Å². The number of ether oxygens (including phenoxy) is 2. The molecule has 2 atom stereocenters. The molecule has 2 nitrogen and oxygen atoms in total. The summed E-state index contributed by atoms with van der Waals surface area (Å²) in [5.41, 5.74) is 3.77. The lowest BCUT2D eigenvalue weighted by atomic mass is 9.84. The Labute approximate surface area is 204 Å². The lowest BCUT2D eigenvalue weighted by Gasteiger charge is -2.21. The Bertz CT molecular complexity index is 1210. The van der Waals surface area contributed by atoms with Crippen molar-refractivity contribution in [3.05, 3.63) is 131 Å². The highest BCUT2D eigenvalue weighted by Crippen LogP contribution is 2.77. The second-order valence-corrected chi connectivity index (χ2v) is 9.69. The Morgan fingerprint density at radius 1 is 0.667 bits per heavy atom. The van der Waals surface area contributed by atoms with Crippen LogP contribution in [0.1, 0.15) is 28.2 Å². The molecule has 4 heteroatoms. The van der Waals surface area contributed by atoms with Crippen molar-refractivity contribution in [2.45, 2.75) is 22.3 Å². The molecule has 4 aromatic rings. The van der Waals surface area contributed by atoms with Gasteiger partial charge in [0, 0.05) is 5.92 Å². The first-order valence-electron chi connectivity index (χ1n) is 10.9. The molecule has 166 valence electrons. The van der Waals surface area contributed by atoms with Gasteiger partial charge in [-0.3, -0.25) is 0 Å². The monoisotopic (exact) mass is 474 g/mol. The SMILES string of the molecule is COc1ccc([C@]2(c3ccc(OCc4ccccc4)cc3)[C@@H](c3ccccc3)C2(Cl)Cl)cc1. The van der Waals surface area contributed by atoms with Crippen molar-refractivity contribution in [1.82, 2.24) is 0 Å². The molecule has 33 heavy (non-hydrogen) atoms. The van der Waals surface area contributed by atoms with Crippen molar-refractivity contribution in [2.24, 2.45) is 0 Å². The zero-order chi connectivity index (χ0) is 22.9. The van der Waals surface area contributed by atoms with E-state index in [1.54, 1.807) is 7.11 Å². The van der Waals surface area contributed by atoms with E-state index in [1.807, 2.05) is 60.7 Å².